The summed E-state index contributed by atoms with van der Waals surface area (Å²) in [7, 11) is 0. The summed E-state index contributed by atoms with van der Waals surface area (Å²) in [5, 5.41) is 11.1. The second-order valence-corrected chi connectivity index (χ2v) is 6.83. The Balaban J connectivity index is 1.94. The Morgan fingerprint density at radius 1 is 1.37 bits per heavy atom. The average Bonchev–Trinajstić information content (AvgIpc) is 2.67. The fraction of sp³-hybridized carbons (Fsp3) is 0.500. The summed E-state index contributed by atoms with van der Waals surface area (Å²) in [5.41, 5.74) is 8.50. The zero-order valence-electron chi connectivity index (χ0n) is 11.3. The molecule has 4 nitrogen and oxygen atoms in total. The minimum atomic E-state index is -0.535. The van der Waals surface area contributed by atoms with E-state index in [4.69, 9.17) is 5.73 Å². The van der Waals surface area contributed by atoms with Gasteiger partial charge in [-0.05, 0) is 38.8 Å². The lowest BCUT2D eigenvalue weighted by atomic mass is 9.93. The first-order valence-corrected chi connectivity index (χ1v) is 7.40. The molecule has 1 aromatic heterocycles. The predicted molar refractivity (Wildman–Crippen MR) is 80.8 cm³/mol. The minimum Gasteiger partial charge on any atom is -0.397 e. The van der Waals surface area contributed by atoms with E-state index in [0.717, 1.165) is 52.5 Å². The number of aliphatic hydroxyl groups is 1. The number of rotatable bonds is 1. The van der Waals surface area contributed by atoms with Crippen molar-refractivity contribution in [2.45, 2.75) is 32.3 Å². The first-order chi connectivity index (χ1) is 8.94. The van der Waals surface area contributed by atoms with Crippen LogP contribution >= 0.6 is 11.3 Å². The first-order valence-electron chi connectivity index (χ1n) is 6.59. The van der Waals surface area contributed by atoms with Crippen LogP contribution in [0.5, 0.6) is 0 Å². The number of hydrogen-bond donors (Lipinski definition) is 2. The quantitative estimate of drug-likeness (QED) is 0.786. The van der Waals surface area contributed by atoms with Gasteiger partial charge in [0.2, 0.25) is 0 Å². The van der Waals surface area contributed by atoms with E-state index >= 15 is 0 Å². The predicted octanol–water partition coefficient (Wildman–Crippen LogP) is 2.54. The van der Waals surface area contributed by atoms with Gasteiger partial charge in [-0.1, -0.05) is 0 Å². The van der Waals surface area contributed by atoms with Crippen LogP contribution in [0.15, 0.2) is 12.1 Å². The molecule has 5 heteroatoms. The Hall–Kier alpha value is -1.33. The van der Waals surface area contributed by atoms with Crippen molar-refractivity contribution in [1.82, 2.24) is 4.98 Å². The summed E-state index contributed by atoms with van der Waals surface area (Å²) in [4.78, 5) is 6.78. The maximum atomic E-state index is 10.0. The first kappa shape index (κ1) is 12.7. The number of nitrogens with two attached hydrogens (primary N) is 1. The van der Waals surface area contributed by atoms with E-state index in [9.17, 15) is 5.11 Å². The van der Waals surface area contributed by atoms with Crippen LogP contribution in [-0.2, 0) is 0 Å². The molecule has 0 radical (unpaired) electrons. The highest BCUT2D eigenvalue weighted by atomic mass is 32.1. The van der Waals surface area contributed by atoms with E-state index in [1.165, 1.54) is 0 Å². The Labute approximate surface area is 116 Å². The molecule has 0 aliphatic carbocycles. The molecule has 1 aliphatic rings. The zero-order chi connectivity index (χ0) is 13.6. The molecular formula is C14H19N3OS. The summed E-state index contributed by atoms with van der Waals surface area (Å²) in [5.74, 6) is 0. The molecule has 0 bridgehead atoms. The lowest BCUT2D eigenvalue weighted by molar-refractivity contribution is 0.0351. The van der Waals surface area contributed by atoms with E-state index in [1.54, 1.807) is 11.3 Å². The van der Waals surface area contributed by atoms with Crippen LogP contribution in [0.3, 0.4) is 0 Å². The second kappa shape index (κ2) is 4.35. The van der Waals surface area contributed by atoms with Crippen LogP contribution in [0, 0.1) is 6.92 Å². The van der Waals surface area contributed by atoms with E-state index < -0.39 is 5.60 Å². The average molecular weight is 277 g/mol. The van der Waals surface area contributed by atoms with Gasteiger partial charge in [-0.3, -0.25) is 0 Å². The Bertz CT molecular complexity index is 610. The van der Waals surface area contributed by atoms with Crippen molar-refractivity contribution >= 4 is 32.9 Å². The van der Waals surface area contributed by atoms with Gasteiger partial charge < -0.3 is 15.7 Å². The summed E-state index contributed by atoms with van der Waals surface area (Å²) < 4.78 is 1.14. The number of aromatic nitrogens is 1. The van der Waals surface area contributed by atoms with Gasteiger partial charge in [-0.25, -0.2) is 4.98 Å². The van der Waals surface area contributed by atoms with E-state index in [2.05, 4.69) is 16.0 Å². The highest BCUT2D eigenvalue weighted by Gasteiger charge is 2.28. The number of thiazole rings is 1. The van der Waals surface area contributed by atoms with Gasteiger partial charge in [0, 0.05) is 13.1 Å². The third-order valence-electron chi connectivity index (χ3n) is 3.83. The summed E-state index contributed by atoms with van der Waals surface area (Å²) in [6.45, 7) is 5.59. The van der Waals surface area contributed by atoms with Gasteiger partial charge >= 0.3 is 0 Å². The zero-order valence-corrected chi connectivity index (χ0v) is 12.1. The highest BCUT2D eigenvalue weighted by molar-refractivity contribution is 7.18. The lowest BCUT2D eigenvalue weighted by Crippen LogP contribution is -2.42. The van der Waals surface area contributed by atoms with Gasteiger partial charge in [-0.15, -0.1) is 11.3 Å². The van der Waals surface area contributed by atoms with Crippen LogP contribution in [0.25, 0.3) is 10.2 Å². The third-order valence-corrected chi connectivity index (χ3v) is 4.76. The van der Waals surface area contributed by atoms with Crippen molar-refractivity contribution in [2.24, 2.45) is 0 Å². The minimum absolute atomic E-state index is 0.535. The van der Waals surface area contributed by atoms with Crippen LogP contribution in [0.4, 0.5) is 11.4 Å². The number of fused-ring (bicyclic) bond motifs is 1. The highest BCUT2D eigenvalue weighted by Crippen LogP contribution is 2.34. The molecule has 102 valence electrons. The van der Waals surface area contributed by atoms with E-state index in [0.29, 0.717) is 0 Å². The van der Waals surface area contributed by atoms with Gasteiger partial charge in [-0.2, -0.15) is 0 Å². The second-order valence-electron chi connectivity index (χ2n) is 5.60. The van der Waals surface area contributed by atoms with Crippen molar-refractivity contribution in [1.29, 1.82) is 0 Å². The fourth-order valence-electron chi connectivity index (χ4n) is 2.60. The monoisotopic (exact) mass is 277 g/mol. The maximum absolute atomic E-state index is 10.0. The summed E-state index contributed by atoms with van der Waals surface area (Å²) >= 11 is 1.67. The van der Waals surface area contributed by atoms with E-state index in [-0.39, 0.29) is 0 Å². The SMILES string of the molecule is Cc1nc2cc(N3CCC(C)(O)CC3)c(N)cc2s1. The molecule has 1 aliphatic heterocycles. The maximum Gasteiger partial charge on any atom is 0.0907 e. The fourth-order valence-corrected chi connectivity index (χ4v) is 3.45. The number of nitrogen functional groups attached to an aromatic ring is 1. The molecule has 0 saturated carbocycles. The standard InChI is InChI=1S/C14H19N3OS/c1-9-16-11-8-12(10(15)7-13(11)19-9)17-5-3-14(2,18)4-6-17/h7-8,18H,3-6,15H2,1-2H3. The van der Waals surface area contributed by atoms with Crippen molar-refractivity contribution in [3.05, 3.63) is 17.1 Å². The lowest BCUT2D eigenvalue weighted by Gasteiger charge is -2.37. The Kier molecular flexibility index (Phi) is 2.91. The molecule has 0 spiro atoms. The van der Waals surface area contributed by atoms with Crippen molar-refractivity contribution in [3.63, 3.8) is 0 Å². The number of benzene rings is 1. The number of aryl methyl sites for hydroxylation is 1. The van der Waals surface area contributed by atoms with Crippen LogP contribution in [0.1, 0.15) is 24.8 Å². The molecule has 1 fully saturated rings. The molecular weight excluding hydrogens is 258 g/mol. The largest absolute Gasteiger partial charge is 0.397 e. The Morgan fingerprint density at radius 2 is 2.05 bits per heavy atom. The number of anilines is 2. The van der Waals surface area contributed by atoms with Crippen molar-refractivity contribution in [3.8, 4) is 0 Å². The Morgan fingerprint density at radius 3 is 2.74 bits per heavy atom. The molecule has 3 rings (SSSR count). The molecule has 1 aromatic carbocycles. The molecule has 2 aromatic rings. The summed E-state index contributed by atoms with van der Waals surface area (Å²) in [6.07, 6.45) is 1.56. The molecule has 0 unspecified atom stereocenters. The third kappa shape index (κ3) is 2.40. The molecule has 19 heavy (non-hydrogen) atoms. The van der Waals surface area contributed by atoms with Gasteiger partial charge in [0.15, 0.2) is 0 Å². The molecule has 2 heterocycles. The van der Waals surface area contributed by atoms with E-state index in [1.807, 2.05) is 19.9 Å². The van der Waals surface area contributed by atoms with Crippen LogP contribution in [-0.4, -0.2) is 28.8 Å². The molecule has 0 amide bonds. The summed E-state index contributed by atoms with van der Waals surface area (Å²) in [6, 6.07) is 4.09. The number of hydrogen-bond acceptors (Lipinski definition) is 5. The van der Waals surface area contributed by atoms with Crippen LogP contribution < -0.4 is 10.6 Å². The van der Waals surface area contributed by atoms with Crippen molar-refractivity contribution < 1.29 is 5.11 Å². The molecule has 0 atom stereocenters. The van der Waals surface area contributed by atoms with Gasteiger partial charge in [0.25, 0.3) is 0 Å². The topological polar surface area (TPSA) is 62.4 Å². The van der Waals surface area contributed by atoms with Crippen molar-refractivity contribution in [2.75, 3.05) is 23.7 Å². The smallest absolute Gasteiger partial charge is 0.0907 e. The molecule has 1 saturated heterocycles. The van der Waals surface area contributed by atoms with Gasteiger partial charge in [0.1, 0.15) is 0 Å². The number of piperidine rings is 1. The normalized spacial score (nSPS) is 19.0. The molecule has 3 N–H and O–H groups in total. The van der Waals surface area contributed by atoms with Gasteiger partial charge in [0.05, 0.1) is 32.2 Å². The van der Waals surface area contributed by atoms with Crippen LogP contribution in [0.2, 0.25) is 0 Å². The number of nitrogens with zero attached hydrogens (tertiary/aromatic N) is 2.